The summed E-state index contributed by atoms with van der Waals surface area (Å²) in [5.74, 6) is 4.23. The van der Waals surface area contributed by atoms with E-state index in [1.54, 1.807) is 7.11 Å². The lowest BCUT2D eigenvalue weighted by Crippen LogP contribution is -2.45. The lowest BCUT2D eigenvalue weighted by atomic mass is 10.1. The lowest BCUT2D eigenvalue weighted by molar-refractivity contribution is 0.167. The van der Waals surface area contributed by atoms with E-state index in [0.29, 0.717) is 30.5 Å². The Morgan fingerprint density at radius 2 is 1.97 bits per heavy atom. The van der Waals surface area contributed by atoms with Crippen LogP contribution >= 0.6 is 0 Å². The van der Waals surface area contributed by atoms with Gasteiger partial charge in [-0.05, 0) is 48.9 Å². The van der Waals surface area contributed by atoms with Gasteiger partial charge in [-0.2, -0.15) is 0 Å². The second-order valence-electron chi connectivity index (χ2n) is 7.33. The summed E-state index contributed by atoms with van der Waals surface area (Å²) >= 11 is 0. The molecule has 1 N–H and O–H groups in total. The molecule has 1 saturated carbocycles. The van der Waals surface area contributed by atoms with Crippen molar-refractivity contribution in [1.29, 1.82) is 0 Å². The summed E-state index contributed by atoms with van der Waals surface area (Å²) < 4.78 is 10.8. The predicted octanol–water partition coefficient (Wildman–Crippen LogP) is 4.22. The van der Waals surface area contributed by atoms with Gasteiger partial charge < -0.3 is 19.7 Å². The number of terminal acetylenes is 1. The number of urea groups is 1. The molecule has 2 amide bonds. The summed E-state index contributed by atoms with van der Waals surface area (Å²) in [5.41, 5.74) is 2.05. The molecule has 0 spiro atoms. The molecule has 0 bridgehead atoms. The van der Waals surface area contributed by atoms with Crippen molar-refractivity contribution in [2.24, 2.45) is 5.92 Å². The third-order valence-corrected chi connectivity index (χ3v) is 5.24. The zero-order chi connectivity index (χ0) is 20.6. The van der Waals surface area contributed by atoms with E-state index >= 15 is 0 Å². The van der Waals surface area contributed by atoms with Crippen LogP contribution in [0.4, 0.5) is 4.79 Å². The largest absolute Gasteiger partial charge is 0.493 e. The van der Waals surface area contributed by atoms with E-state index in [0.717, 1.165) is 11.1 Å². The number of nitrogens with zero attached hydrogens (tertiary/aromatic N) is 1. The number of rotatable bonds is 9. The van der Waals surface area contributed by atoms with E-state index in [4.69, 9.17) is 15.9 Å². The molecular weight excluding hydrogens is 364 g/mol. The Kier molecular flexibility index (Phi) is 7.02. The number of hydrogen-bond acceptors (Lipinski definition) is 3. The van der Waals surface area contributed by atoms with Gasteiger partial charge in [-0.25, -0.2) is 4.79 Å². The van der Waals surface area contributed by atoms with Gasteiger partial charge in [-0.15, -0.1) is 6.42 Å². The summed E-state index contributed by atoms with van der Waals surface area (Å²) in [6.45, 7) is 3.30. The SMILES string of the molecule is C#CCOc1cc(CNC(=O)N(Cc2ccccc2)C(C)C2CC2)ccc1OC. The standard InChI is InChI=1S/C24H28N2O3/c1-4-14-29-23-15-20(10-13-22(23)28-3)16-25-24(27)26(18(2)21-11-12-21)17-19-8-6-5-7-9-19/h1,5-10,13,15,18,21H,11-12,14,16-17H2,2-3H3,(H,25,27). The van der Waals surface area contributed by atoms with Gasteiger partial charge in [-0.3, -0.25) is 0 Å². The van der Waals surface area contributed by atoms with Crippen LogP contribution < -0.4 is 14.8 Å². The second kappa shape index (κ2) is 9.88. The maximum atomic E-state index is 13.0. The lowest BCUT2D eigenvalue weighted by Gasteiger charge is -2.30. The first kappa shape index (κ1) is 20.6. The van der Waals surface area contributed by atoms with Gasteiger partial charge in [0.1, 0.15) is 6.61 Å². The maximum Gasteiger partial charge on any atom is 0.318 e. The van der Waals surface area contributed by atoms with Crippen LogP contribution in [0.25, 0.3) is 0 Å². The highest BCUT2D eigenvalue weighted by Gasteiger charge is 2.34. The monoisotopic (exact) mass is 392 g/mol. The first-order valence-electron chi connectivity index (χ1n) is 9.94. The summed E-state index contributed by atoms with van der Waals surface area (Å²) in [7, 11) is 1.58. The number of hydrogen-bond donors (Lipinski definition) is 1. The van der Waals surface area contributed by atoms with Crippen molar-refractivity contribution in [1.82, 2.24) is 10.2 Å². The normalized spacial score (nSPS) is 13.8. The minimum atomic E-state index is -0.0600. The Hall–Kier alpha value is -3.13. The van der Waals surface area contributed by atoms with Gasteiger partial charge in [0.05, 0.1) is 7.11 Å². The number of nitrogens with one attached hydrogen (secondary N) is 1. The number of benzene rings is 2. The van der Waals surface area contributed by atoms with E-state index in [9.17, 15) is 4.79 Å². The van der Waals surface area contributed by atoms with Crippen molar-refractivity contribution in [3.63, 3.8) is 0 Å². The maximum absolute atomic E-state index is 13.0. The minimum Gasteiger partial charge on any atom is -0.493 e. The fourth-order valence-corrected chi connectivity index (χ4v) is 3.36. The van der Waals surface area contributed by atoms with E-state index in [1.807, 2.05) is 41.3 Å². The molecule has 152 valence electrons. The van der Waals surface area contributed by atoms with Crippen LogP contribution in [0, 0.1) is 18.3 Å². The summed E-state index contributed by atoms with van der Waals surface area (Å²) in [6.07, 6.45) is 7.66. The zero-order valence-corrected chi connectivity index (χ0v) is 17.1. The molecule has 0 aromatic heterocycles. The van der Waals surface area contributed by atoms with E-state index in [-0.39, 0.29) is 18.7 Å². The second-order valence-corrected chi connectivity index (χ2v) is 7.33. The van der Waals surface area contributed by atoms with Gasteiger partial charge >= 0.3 is 6.03 Å². The van der Waals surface area contributed by atoms with Crippen LogP contribution in [-0.2, 0) is 13.1 Å². The van der Waals surface area contributed by atoms with Crippen molar-refractivity contribution in [2.75, 3.05) is 13.7 Å². The third kappa shape index (κ3) is 5.68. The molecule has 1 unspecified atom stereocenters. The summed E-state index contributed by atoms with van der Waals surface area (Å²) in [6, 6.07) is 15.8. The van der Waals surface area contributed by atoms with Gasteiger partial charge in [-0.1, -0.05) is 42.3 Å². The average Bonchev–Trinajstić information content (AvgIpc) is 3.60. The molecule has 3 rings (SSSR count). The van der Waals surface area contributed by atoms with Crippen molar-refractivity contribution in [3.05, 3.63) is 59.7 Å². The molecule has 0 saturated heterocycles. The molecule has 1 aliphatic carbocycles. The van der Waals surface area contributed by atoms with Crippen LogP contribution in [0.2, 0.25) is 0 Å². The van der Waals surface area contributed by atoms with Crippen molar-refractivity contribution in [3.8, 4) is 23.8 Å². The quantitative estimate of drug-likeness (QED) is 0.650. The first-order valence-corrected chi connectivity index (χ1v) is 9.94. The van der Waals surface area contributed by atoms with E-state index in [1.165, 1.54) is 12.8 Å². The highest BCUT2D eigenvalue weighted by Crippen LogP contribution is 2.35. The molecule has 0 heterocycles. The summed E-state index contributed by atoms with van der Waals surface area (Å²) in [5, 5.41) is 3.05. The molecule has 0 aliphatic heterocycles. The van der Waals surface area contributed by atoms with Crippen molar-refractivity contribution >= 4 is 6.03 Å². The molecular formula is C24H28N2O3. The topological polar surface area (TPSA) is 50.8 Å². The first-order chi connectivity index (χ1) is 14.1. The smallest absolute Gasteiger partial charge is 0.318 e. The molecule has 1 fully saturated rings. The molecule has 29 heavy (non-hydrogen) atoms. The van der Waals surface area contributed by atoms with Gasteiger partial charge in [0.15, 0.2) is 11.5 Å². The van der Waals surface area contributed by atoms with E-state index in [2.05, 4.69) is 30.3 Å². The van der Waals surface area contributed by atoms with E-state index < -0.39 is 0 Å². The zero-order valence-electron chi connectivity index (χ0n) is 17.1. The van der Waals surface area contributed by atoms with Crippen LogP contribution in [0.5, 0.6) is 11.5 Å². The number of methoxy groups -OCH3 is 1. The highest BCUT2D eigenvalue weighted by atomic mass is 16.5. The molecule has 2 aromatic rings. The highest BCUT2D eigenvalue weighted by molar-refractivity contribution is 5.74. The Balaban J connectivity index is 1.67. The molecule has 5 nitrogen and oxygen atoms in total. The molecule has 0 radical (unpaired) electrons. The van der Waals surface area contributed by atoms with Crippen LogP contribution in [0.15, 0.2) is 48.5 Å². The Bertz CT molecular complexity index is 856. The predicted molar refractivity (Wildman–Crippen MR) is 114 cm³/mol. The molecule has 1 aliphatic rings. The number of carbonyl (C=O) groups excluding carboxylic acids is 1. The molecule has 5 heteroatoms. The van der Waals surface area contributed by atoms with Crippen LogP contribution in [0.1, 0.15) is 30.9 Å². The Labute approximate surface area is 173 Å². The third-order valence-electron chi connectivity index (χ3n) is 5.24. The number of carbonyl (C=O) groups is 1. The van der Waals surface area contributed by atoms with Crippen LogP contribution in [0.3, 0.4) is 0 Å². The Morgan fingerprint density at radius 3 is 2.62 bits per heavy atom. The van der Waals surface area contributed by atoms with Crippen molar-refractivity contribution < 1.29 is 14.3 Å². The fourth-order valence-electron chi connectivity index (χ4n) is 3.36. The van der Waals surface area contributed by atoms with Gasteiger partial charge in [0.2, 0.25) is 0 Å². The Morgan fingerprint density at radius 1 is 1.21 bits per heavy atom. The van der Waals surface area contributed by atoms with Gasteiger partial charge in [0, 0.05) is 19.1 Å². The number of ether oxygens (including phenoxy) is 2. The number of amides is 2. The minimum absolute atomic E-state index is 0.0600. The molecule has 2 aromatic carbocycles. The average molecular weight is 392 g/mol. The van der Waals surface area contributed by atoms with Crippen LogP contribution in [-0.4, -0.2) is 30.7 Å². The molecule has 1 atom stereocenters. The van der Waals surface area contributed by atoms with Gasteiger partial charge in [0.25, 0.3) is 0 Å². The van der Waals surface area contributed by atoms with Crippen molar-refractivity contribution in [2.45, 2.75) is 38.9 Å². The summed E-state index contributed by atoms with van der Waals surface area (Å²) in [4.78, 5) is 14.9. The fraction of sp³-hybridized carbons (Fsp3) is 0.375.